The molecule has 1 rings (SSSR count). The lowest BCUT2D eigenvalue weighted by Gasteiger charge is -1.91. The molecule has 0 atom stereocenters. The molecular formula is C11H12S. The van der Waals surface area contributed by atoms with Gasteiger partial charge in [-0.3, -0.25) is 0 Å². The maximum atomic E-state index is 3.93. The molecule has 0 fully saturated rings. The second kappa shape index (κ2) is 4.17. The van der Waals surface area contributed by atoms with E-state index in [-0.39, 0.29) is 0 Å². The number of thioether (sulfide) groups is 1. The average molecular weight is 176 g/mol. The summed E-state index contributed by atoms with van der Waals surface area (Å²) in [5.41, 5.74) is 0. The van der Waals surface area contributed by atoms with Crippen LogP contribution in [0.5, 0.6) is 0 Å². The topological polar surface area (TPSA) is 0 Å². The van der Waals surface area contributed by atoms with Crippen molar-refractivity contribution in [2.24, 2.45) is 0 Å². The van der Waals surface area contributed by atoms with Gasteiger partial charge in [0.2, 0.25) is 0 Å². The first-order valence-electron chi connectivity index (χ1n) is 3.72. The van der Waals surface area contributed by atoms with E-state index in [4.69, 9.17) is 0 Å². The third kappa shape index (κ3) is 2.28. The van der Waals surface area contributed by atoms with Gasteiger partial charge in [0.1, 0.15) is 0 Å². The van der Waals surface area contributed by atoms with Crippen LogP contribution < -0.4 is 10.4 Å². The average Bonchev–Trinajstić information content (AvgIpc) is 2.09. The van der Waals surface area contributed by atoms with Gasteiger partial charge in [-0.05, 0) is 22.8 Å². The summed E-state index contributed by atoms with van der Waals surface area (Å²) in [6, 6.07) is 8.04. The van der Waals surface area contributed by atoms with Crippen LogP contribution in [0.3, 0.4) is 0 Å². The minimum Gasteiger partial charge on any atom is -0.130 e. The molecule has 0 unspecified atom stereocenters. The van der Waals surface area contributed by atoms with E-state index in [0.29, 0.717) is 0 Å². The summed E-state index contributed by atoms with van der Waals surface area (Å²) < 4.78 is 0. The van der Waals surface area contributed by atoms with Gasteiger partial charge >= 0.3 is 0 Å². The third-order valence-corrected chi connectivity index (χ3v) is 2.28. The molecule has 0 spiro atoms. The molecule has 0 saturated heterocycles. The van der Waals surface area contributed by atoms with Crippen LogP contribution in [0.2, 0.25) is 0 Å². The Kier molecular flexibility index (Phi) is 3.18. The molecule has 0 amide bonds. The Bertz CT molecular complexity index is 376. The largest absolute Gasteiger partial charge is 0.130 e. The van der Waals surface area contributed by atoms with Gasteiger partial charge in [0, 0.05) is 4.91 Å². The highest BCUT2D eigenvalue weighted by atomic mass is 32.2. The van der Waals surface area contributed by atoms with Crippen molar-refractivity contribution in [3.05, 3.63) is 46.2 Å². The van der Waals surface area contributed by atoms with E-state index in [2.05, 4.69) is 13.2 Å². The maximum Gasteiger partial charge on any atom is 0.000332 e. The fourth-order valence-electron chi connectivity index (χ4n) is 0.907. The lowest BCUT2D eigenvalue weighted by Crippen LogP contribution is -2.21. The highest BCUT2D eigenvalue weighted by molar-refractivity contribution is 8.02. The van der Waals surface area contributed by atoms with Crippen LogP contribution >= 0.6 is 11.8 Å². The van der Waals surface area contributed by atoms with Crippen molar-refractivity contribution in [2.45, 2.75) is 0 Å². The van der Waals surface area contributed by atoms with Gasteiger partial charge < -0.3 is 0 Å². The Morgan fingerprint density at radius 2 is 2.08 bits per heavy atom. The van der Waals surface area contributed by atoms with E-state index in [9.17, 15) is 0 Å². The number of benzene rings is 1. The standard InChI is InChI=1S/C11H12S/c1-9-6-4-5-7-11(9)8-10(2)12-3/h4-8H,1-2H2,3H3/b11-8-. The van der Waals surface area contributed by atoms with Crippen LogP contribution in [0.15, 0.2) is 35.7 Å². The van der Waals surface area contributed by atoms with Gasteiger partial charge in [0.15, 0.2) is 0 Å². The molecule has 0 aliphatic rings. The third-order valence-electron chi connectivity index (χ3n) is 1.63. The molecule has 0 radical (unpaired) electrons. The summed E-state index contributed by atoms with van der Waals surface area (Å²) in [6.45, 7) is 7.82. The minimum absolute atomic E-state index is 1.05. The lowest BCUT2D eigenvalue weighted by atomic mass is 10.2. The van der Waals surface area contributed by atoms with Crippen molar-refractivity contribution in [2.75, 3.05) is 6.26 Å². The summed E-state index contributed by atoms with van der Waals surface area (Å²) in [4.78, 5) is 1.06. The highest BCUT2D eigenvalue weighted by Gasteiger charge is 1.84. The molecule has 0 nitrogen and oxygen atoms in total. The summed E-state index contributed by atoms with van der Waals surface area (Å²) in [5.74, 6) is 0. The van der Waals surface area contributed by atoms with Crippen molar-refractivity contribution in [3.63, 3.8) is 0 Å². The predicted octanol–water partition coefficient (Wildman–Crippen LogP) is 1.75. The molecule has 1 aromatic rings. The number of hydrogen-bond acceptors (Lipinski definition) is 1. The first kappa shape index (κ1) is 9.14. The lowest BCUT2D eigenvalue weighted by molar-refractivity contribution is 1.53. The van der Waals surface area contributed by atoms with E-state index in [0.717, 1.165) is 15.3 Å². The zero-order valence-corrected chi connectivity index (χ0v) is 8.03. The molecule has 1 heteroatoms. The zero-order chi connectivity index (χ0) is 8.97. The monoisotopic (exact) mass is 176 g/mol. The molecular weight excluding hydrogens is 164 g/mol. The van der Waals surface area contributed by atoms with E-state index in [1.165, 1.54) is 0 Å². The normalized spacial score (nSPS) is 11.6. The van der Waals surface area contributed by atoms with Crippen molar-refractivity contribution in [1.29, 1.82) is 0 Å². The van der Waals surface area contributed by atoms with Crippen LogP contribution in [0, 0.1) is 0 Å². The quantitative estimate of drug-likeness (QED) is 0.661. The molecule has 0 N–H and O–H groups in total. The smallest absolute Gasteiger partial charge is 0.000332 e. The van der Waals surface area contributed by atoms with E-state index >= 15 is 0 Å². The summed E-state index contributed by atoms with van der Waals surface area (Å²) in [5, 5.41) is 2.20. The molecule has 0 heterocycles. The van der Waals surface area contributed by atoms with Gasteiger partial charge in [-0.2, -0.15) is 0 Å². The maximum absolute atomic E-state index is 3.93. The summed E-state index contributed by atoms with van der Waals surface area (Å²) in [7, 11) is 0. The zero-order valence-electron chi connectivity index (χ0n) is 7.21. The Balaban J connectivity index is 3.19. The van der Waals surface area contributed by atoms with Crippen molar-refractivity contribution >= 4 is 24.4 Å². The first-order chi connectivity index (χ1) is 5.74. The Labute approximate surface area is 77.3 Å². The van der Waals surface area contributed by atoms with E-state index in [1.807, 2.05) is 36.6 Å². The second-order valence-corrected chi connectivity index (χ2v) is 3.45. The van der Waals surface area contributed by atoms with Crippen molar-refractivity contribution < 1.29 is 0 Å². The molecule has 0 aliphatic heterocycles. The van der Waals surface area contributed by atoms with Gasteiger partial charge in [-0.1, -0.05) is 37.4 Å². The molecule has 12 heavy (non-hydrogen) atoms. The van der Waals surface area contributed by atoms with Crippen molar-refractivity contribution in [1.82, 2.24) is 0 Å². The van der Waals surface area contributed by atoms with Crippen LogP contribution in [-0.4, -0.2) is 6.26 Å². The van der Waals surface area contributed by atoms with Gasteiger partial charge in [0.25, 0.3) is 0 Å². The Hall–Kier alpha value is -0.950. The van der Waals surface area contributed by atoms with Crippen molar-refractivity contribution in [3.8, 4) is 0 Å². The fraction of sp³-hybridized carbons (Fsp3) is 0.0909. The Morgan fingerprint density at radius 1 is 1.42 bits per heavy atom. The molecule has 0 saturated carbocycles. The molecule has 62 valence electrons. The van der Waals surface area contributed by atoms with Crippen LogP contribution in [0.1, 0.15) is 0 Å². The molecule has 0 aromatic heterocycles. The predicted molar refractivity (Wildman–Crippen MR) is 58.3 cm³/mol. The van der Waals surface area contributed by atoms with Gasteiger partial charge in [0.05, 0.1) is 0 Å². The minimum atomic E-state index is 1.05. The first-order valence-corrected chi connectivity index (χ1v) is 4.95. The van der Waals surface area contributed by atoms with Crippen LogP contribution in [0.4, 0.5) is 0 Å². The van der Waals surface area contributed by atoms with E-state index < -0.39 is 0 Å². The highest BCUT2D eigenvalue weighted by Crippen LogP contribution is 2.07. The summed E-state index contributed by atoms with van der Waals surface area (Å²) >= 11 is 1.65. The van der Waals surface area contributed by atoms with Crippen LogP contribution in [0.25, 0.3) is 12.7 Å². The molecule has 1 aromatic carbocycles. The molecule has 0 bridgehead atoms. The molecule has 0 aliphatic carbocycles. The second-order valence-electron chi connectivity index (χ2n) is 2.51. The van der Waals surface area contributed by atoms with Crippen LogP contribution in [-0.2, 0) is 0 Å². The van der Waals surface area contributed by atoms with Gasteiger partial charge in [-0.25, -0.2) is 0 Å². The summed E-state index contributed by atoms with van der Waals surface area (Å²) in [6.07, 6.45) is 4.07. The van der Waals surface area contributed by atoms with E-state index in [1.54, 1.807) is 11.8 Å². The fourth-order valence-corrected chi connectivity index (χ4v) is 1.15. The van der Waals surface area contributed by atoms with Gasteiger partial charge in [-0.15, -0.1) is 11.8 Å². The Morgan fingerprint density at radius 3 is 2.67 bits per heavy atom. The SMILES string of the molecule is C=C(/C=c1/ccccc1=C)SC. The number of rotatable bonds is 2. The number of allylic oxidation sites excluding steroid dienone is 1. The number of hydrogen-bond donors (Lipinski definition) is 0.